The van der Waals surface area contributed by atoms with Gasteiger partial charge in [-0.2, -0.15) is 0 Å². The summed E-state index contributed by atoms with van der Waals surface area (Å²) in [6, 6.07) is 22.6. The fraction of sp³-hybridized carbons (Fsp3) is 0.400. The summed E-state index contributed by atoms with van der Waals surface area (Å²) in [5.41, 5.74) is 5.37. The van der Waals surface area contributed by atoms with Crippen molar-refractivity contribution in [3.05, 3.63) is 96.6 Å². The number of benzene rings is 3. The van der Waals surface area contributed by atoms with Crippen LogP contribution in [0, 0.1) is 5.92 Å². The lowest BCUT2D eigenvalue weighted by Crippen LogP contribution is -2.16. The van der Waals surface area contributed by atoms with Crippen molar-refractivity contribution in [2.75, 3.05) is 46.3 Å². The van der Waals surface area contributed by atoms with Crippen LogP contribution in [0.1, 0.15) is 56.4 Å². The fourth-order valence-corrected chi connectivity index (χ4v) is 5.94. The molecule has 0 amide bonds. The lowest BCUT2D eigenvalue weighted by atomic mass is 9.77. The number of halogens is 1. The fourth-order valence-electron chi connectivity index (χ4n) is 5.94. The molecule has 0 unspecified atom stereocenters. The third kappa shape index (κ3) is 11.3. The Hall–Kier alpha value is -4.47. The van der Waals surface area contributed by atoms with Gasteiger partial charge < -0.3 is 29.2 Å². The molecule has 3 aromatic rings. The summed E-state index contributed by atoms with van der Waals surface area (Å²) >= 11 is 0. The zero-order valence-electron chi connectivity index (χ0n) is 28.0. The number of unbranched alkanes of at least 4 members (excludes halogenated alkanes) is 1. The van der Waals surface area contributed by atoms with E-state index in [9.17, 15) is 14.0 Å². The van der Waals surface area contributed by atoms with Crippen LogP contribution in [0.5, 0.6) is 11.5 Å². The smallest absolute Gasteiger partial charge is 0.335 e. The van der Waals surface area contributed by atoms with E-state index >= 15 is 0 Å². The maximum absolute atomic E-state index is 12.4. The number of ether oxygens (including phenoxy) is 4. The van der Waals surface area contributed by atoms with E-state index in [1.807, 2.05) is 24.3 Å². The summed E-state index contributed by atoms with van der Waals surface area (Å²) in [7, 11) is 0. The van der Waals surface area contributed by atoms with Crippen LogP contribution in [0.25, 0.3) is 22.3 Å². The Morgan fingerprint density at radius 1 is 0.653 bits per heavy atom. The molecule has 1 saturated carbocycles. The molecule has 0 radical (unpaired) electrons. The van der Waals surface area contributed by atoms with E-state index in [1.54, 1.807) is 6.07 Å². The van der Waals surface area contributed by atoms with Gasteiger partial charge in [-0.3, -0.25) is 4.39 Å². The maximum atomic E-state index is 12.4. The molecule has 0 atom stereocenters. The number of hydrogen-bond donors (Lipinski definition) is 2. The predicted octanol–water partition coefficient (Wildman–Crippen LogP) is 7.38. The number of hydrogen-bond acceptors (Lipinski definition) is 8. The van der Waals surface area contributed by atoms with Gasteiger partial charge >= 0.3 is 11.9 Å². The Morgan fingerprint density at radius 2 is 1.14 bits per heavy atom. The molecule has 8 nitrogen and oxygen atoms in total. The molecule has 0 spiro atoms. The van der Waals surface area contributed by atoms with Crippen molar-refractivity contribution in [2.45, 2.75) is 50.9 Å². The van der Waals surface area contributed by atoms with Gasteiger partial charge in [0.2, 0.25) is 0 Å². The summed E-state index contributed by atoms with van der Waals surface area (Å²) < 4.78 is 34.3. The molecule has 0 heterocycles. The van der Waals surface area contributed by atoms with Gasteiger partial charge in [-0.1, -0.05) is 80.6 Å². The molecule has 4 rings (SSSR count). The number of aliphatic hydroxyl groups is 2. The Bertz CT molecular complexity index is 1520. The van der Waals surface area contributed by atoms with Crippen LogP contribution in [-0.4, -0.2) is 68.5 Å². The van der Waals surface area contributed by atoms with Crippen molar-refractivity contribution in [3.63, 3.8) is 0 Å². The summed E-state index contributed by atoms with van der Waals surface area (Å²) in [5.74, 6) is 0.714. The van der Waals surface area contributed by atoms with Gasteiger partial charge in [0, 0.05) is 0 Å². The second kappa shape index (κ2) is 19.5. The van der Waals surface area contributed by atoms with E-state index in [4.69, 9.17) is 29.2 Å². The van der Waals surface area contributed by atoms with Gasteiger partial charge in [-0.15, -0.1) is 0 Å². The van der Waals surface area contributed by atoms with Crippen molar-refractivity contribution in [3.8, 4) is 33.8 Å². The zero-order valence-corrected chi connectivity index (χ0v) is 28.0. The van der Waals surface area contributed by atoms with Gasteiger partial charge in [0.25, 0.3) is 0 Å². The third-order valence-corrected chi connectivity index (χ3v) is 8.83. The Labute approximate surface area is 288 Å². The summed E-state index contributed by atoms with van der Waals surface area (Å²) in [6.45, 7) is 5.62. The molecule has 1 aliphatic rings. The minimum Gasteiger partial charge on any atom is -0.486 e. The first-order valence-corrected chi connectivity index (χ1v) is 16.9. The second-order valence-corrected chi connectivity index (χ2v) is 12.3. The normalized spacial score (nSPS) is 15.7. The van der Waals surface area contributed by atoms with Crippen molar-refractivity contribution in [2.24, 2.45) is 5.92 Å². The van der Waals surface area contributed by atoms with E-state index in [2.05, 4.69) is 49.6 Å². The predicted molar refractivity (Wildman–Crippen MR) is 187 cm³/mol. The molecule has 262 valence electrons. The molecule has 0 bridgehead atoms. The number of alkyl halides is 1. The minimum absolute atomic E-state index is 0.0202. The minimum atomic E-state index is -0.706. The lowest BCUT2D eigenvalue weighted by molar-refractivity contribution is -0.141. The van der Waals surface area contributed by atoms with Crippen molar-refractivity contribution in [1.29, 1.82) is 0 Å². The number of carbonyl (C=O) groups excluding carboxylic acids is 2. The topological polar surface area (TPSA) is 112 Å². The standard InChI is InChI=1S/C40H47FO8/c1-28(26-42)39(44)48-23-21-46-37-19-18-36(25-38(37)47-22-24-49-40(45)29(2)27-43)35-16-14-34(15-17-35)33-12-10-32(11-13-33)31-8-6-30(7-9-31)5-3-4-20-41/h10-19,25,30-31,42-43H,1-9,20-24,26-27H2. The molecular weight excluding hydrogens is 627 g/mol. The molecule has 0 aromatic heterocycles. The Balaban J connectivity index is 1.39. The van der Waals surface area contributed by atoms with Gasteiger partial charge in [-0.25, -0.2) is 9.59 Å². The van der Waals surface area contributed by atoms with Gasteiger partial charge in [0.05, 0.1) is 31.0 Å². The molecule has 1 fully saturated rings. The average molecular weight is 675 g/mol. The summed E-state index contributed by atoms with van der Waals surface area (Å²) in [5, 5.41) is 18.1. The van der Waals surface area contributed by atoms with Crippen molar-refractivity contribution >= 4 is 11.9 Å². The molecular formula is C40H47FO8. The molecule has 3 aromatic carbocycles. The van der Waals surface area contributed by atoms with Gasteiger partial charge in [0.15, 0.2) is 11.5 Å². The second-order valence-electron chi connectivity index (χ2n) is 12.3. The molecule has 49 heavy (non-hydrogen) atoms. The molecule has 0 aliphatic heterocycles. The van der Waals surface area contributed by atoms with Crippen LogP contribution in [0.4, 0.5) is 4.39 Å². The molecule has 1 aliphatic carbocycles. The van der Waals surface area contributed by atoms with Crippen molar-refractivity contribution < 1.29 is 43.1 Å². The van der Waals surface area contributed by atoms with E-state index < -0.39 is 25.2 Å². The lowest BCUT2D eigenvalue weighted by Gasteiger charge is -2.29. The monoisotopic (exact) mass is 674 g/mol. The van der Waals surface area contributed by atoms with E-state index in [0.717, 1.165) is 41.0 Å². The third-order valence-electron chi connectivity index (χ3n) is 8.83. The zero-order chi connectivity index (χ0) is 35.0. The summed E-state index contributed by atoms with van der Waals surface area (Å²) in [4.78, 5) is 23.6. The molecule has 9 heteroatoms. The quantitative estimate of drug-likeness (QED) is 0.0770. The average Bonchev–Trinajstić information content (AvgIpc) is 3.15. The highest BCUT2D eigenvalue weighted by Gasteiger charge is 2.22. The summed E-state index contributed by atoms with van der Waals surface area (Å²) in [6.07, 6.45) is 7.69. The van der Waals surface area contributed by atoms with Crippen molar-refractivity contribution in [1.82, 2.24) is 0 Å². The first-order valence-electron chi connectivity index (χ1n) is 16.9. The number of rotatable bonds is 19. The number of esters is 2. The van der Waals surface area contributed by atoms with E-state index in [0.29, 0.717) is 23.8 Å². The maximum Gasteiger partial charge on any atom is 0.335 e. The van der Waals surface area contributed by atoms with Crippen LogP contribution in [-0.2, 0) is 19.1 Å². The van der Waals surface area contributed by atoms with E-state index in [1.165, 1.54) is 31.2 Å². The Kier molecular flexibility index (Phi) is 14.9. The van der Waals surface area contributed by atoms with Gasteiger partial charge in [-0.05, 0) is 83.9 Å². The van der Waals surface area contributed by atoms with Crippen LogP contribution in [0.2, 0.25) is 0 Å². The highest BCUT2D eigenvalue weighted by molar-refractivity contribution is 5.88. The van der Waals surface area contributed by atoms with E-state index in [-0.39, 0.29) is 44.2 Å². The molecule has 2 N–H and O–H groups in total. The highest BCUT2D eigenvalue weighted by atomic mass is 19.1. The first kappa shape index (κ1) is 37.4. The largest absolute Gasteiger partial charge is 0.486 e. The van der Waals surface area contributed by atoms with Crippen LogP contribution >= 0.6 is 0 Å². The SMILES string of the molecule is C=C(CO)C(=O)OCCOc1ccc(-c2ccc(-c3ccc(C4CCC(CCCCF)CC4)cc3)cc2)cc1OCCOC(=O)C(=C)CO. The number of carbonyl (C=O) groups is 2. The highest BCUT2D eigenvalue weighted by Crippen LogP contribution is 2.39. The number of aliphatic hydroxyl groups excluding tert-OH is 2. The van der Waals surface area contributed by atoms with Crippen LogP contribution in [0.15, 0.2) is 91.0 Å². The van der Waals surface area contributed by atoms with Crippen LogP contribution < -0.4 is 9.47 Å². The van der Waals surface area contributed by atoms with Gasteiger partial charge in [0.1, 0.15) is 26.4 Å². The first-order chi connectivity index (χ1) is 23.8. The van der Waals surface area contributed by atoms with Crippen LogP contribution in [0.3, 0.4) is 0 Å². The Morgan fingerprint density at radius 3 is 1.67 bits per heavy atom. The molecule has 0 saturated heterocycles.